The molecule has 172 valence electrons. The molecular weight excluding hydrogens is 438 g/mol. The lowest BCUT2D eigenvalue weighted by atomic mass is 10.1. The Balaban J connectivity index is 0.000000258. The molecule has 3 aromatic rings. The van der Waals surface area contributed by atoms with Crippen molar-refractivity contribution >= 4 is 5.97 Å². The third-order valence-electron chi connectivity index (χ3n) is 4.57. The Morgan fingerprint density at radius 3 is 2.06 bits per heavy atom. The van der Waals surface area contributed by atoms with Gasteiger partial charge in [0.15, 0.2) is 0 Å². The lowest BCUT2D eigenvalue weighted by molar-refractivity contribution is -0.138. The average molecular weight is 457 g/mol. The zero-order chi connectivity index (χ0) is 24.3. The van der Waals surface area contributed by atoms with Gasteiger partial charge in [-0.2, -0.15) is 26.3 Å². The van der Waals surface area contributed by atoms with Crippen molar-refractivity contribution in [2.24, 2.45) is 0 Å². The molecule has 1 heterocycles. The number of alkyl halides is 6. The molecule has 0 amide bonds. The van der Waals surface area contributed by atoms with E-state index in [-0.39, 0.29) is 23.5 Å². The summed E-state index contributed by atoms with van der Waals surface area (Å²) in [6, 6.07) is 11.3. The average Bonchev–Trinajstić information content (AvgIpc) is 3.01. The number of carbonyl (C=O) groups is 1. The highest BCUT2D eigenvalue weighted by atomic mass is 19.4. The summed E-state index contributed by atoms with van der Waals surface area (Å²) in [5.74, 6) is -1.16. The first-order valence-electron chi connectivity index (χ1n) is 9.17. The van der Waals surface area contributed by atoms with Gasteiger partial charge in [0.25, 0.3) is 0 Å². The van der Waals surface area contributed by atoms with E-state index in [9.17, 15) is 31.1 Å². The van der Waals surface area contributed by atoms with Gasteiger partial charge in [0, 0.05) is 11.4 Å². The fourth-order valence-corrected chi connectivity index (χ4v) is 3.12. The molecule has 0 unspecified atom stereocenters. The summed E-state index contributed by atoms with van der Waals surface area (Å²) in [5.41, 5.74) is 6.42. The van der Waals surface area contributed by atoms with E-state index in [0.717, 1.165) is 18.2 Å². The Labute approximate surface area is 179 Å². The number of carboxylic acid groups (broad SMARTS) is 1. The Morgan fingerprint density at radius 1 is 0.938 bits per heavy atom. The third-order valence-corrected chi connectivity index (χ3v) is 4.57. The van der Waals surface area contributed by atoms with E-state index in [4.69, 9.17) is 10.8 Å². The summed E-state index contributed by atoms with van der Waals surface area (Å²) in [6.07, 6.45) is -8.80. The molecule has 4 nitrogen and oxygen atoms in total. The van der Waals surface area contributed by atoms with Crippen molar-refractivity contribution in [1.29, 1.82) is 0 Å². The number of para-hydroxylation sites is 1. The minimum absolute atomic E-state index is 0.000484. The fourth-order valence-electron chi connectivity index (χ4n) is 3.12. The van der Waals surface area contributed by atoms with Crippen molar-refractivity contribution in [2.45, 2.75) is 32.7 Å². The predicted molar refractivity (Wildman–Crippen MR) is 107 cm³/mol. The molecule has 0 bridgehead atoms. The molecule has 3 rings (SSSR count). The lowest BCUT2D eigenvalue weighted by Crippen LogP contribution is -2.12. The SMILES string of the molecule is Cc1cc(C(=O)O)c(C)n1-c1ccccc1C(F)(F)F.[NH-]Cc1cccc(C(F)(F)F)c1. The van der Waals surface area contributed by atoms with Gasteiger partial charge in [-0.15, -0.1) is 6.54 Å². The van der Waals surface area contributed by atoms with Gasteiger partial charge in [0.05, 0.1) is 22.4 Å². The van der Waals surface area contributed by atoms with Gasteiger partial charge >= 0.3 is 18.3 Å². The molecule has 0 aliphatic carbocycles. The van der Waals surface area contributed by atoms with Gasteiger partial charge in [0.2, 0.25) is 0 Å². The maximum absolute atomic E-state index is 13.0. The van der Waals surface area contributed by atoms with Crippen molar-refractivity contribution in [1.82, 2.24) is 4.57 Å². The Morgan fingerprint density at radius 2 is 1.56 bits per heavy atom. The molecule has 0 spiro atoms. The van der Waals surface area contributed by atoms with E-state index in [1.54, 1.807) is 6.92 Å². The highest BCUT2D eigenvalue weighted by Gasteiger charge is 2.34. The van der Waals surface area contributed by atoms with E-state index >= 15 is 0 Å². The molecule has 0 saturated heterocycles. The maximum atomic E-state index is 13.0. The first-order valence-corrected chi connectivity index (χ1v) is 9.17. The summed E-state index contributed by atoms with van der Waals surface area (Å²) >= 11 is 0. The van der Waals surface area contributed by atoms with Gasteiger partial charge in [-0.1, -0.05) is 35.9 Å². The van der Waals surface area contributed by atoms with Crippen LogP contribution in [0.2, 0.25) is 0 Å². The second-order valence-electron chi connectivity index (χ2n) is 6.82. The summed E-state index contributed by atoms with van der Waals surface area (Å²) in [6.45, 7) is 2.94. The van der Waals surface area contributed by atoms with E-state index in [1.807, 2.05) is 0 Å². The fraction of sp³-hybridized carbons (Fsp3) is 0.227. The number of nitrogens with zero attached hydrogens (tertiary/aromatic N) is 1. The summed E-state index contributed by atoms with van der Waals surface area (Å²) in [4.78, 5) is 11.1. The van der Waals surface area contributed by atoms with Crippen LogP contribution in [0.1, 0.15) is 38.4 Å². The number of benzene rings is 2. The minimum Gasteiger partial charge on any atom is -0.674 e. The molecule has 0 atom stereocenters. The van der Waals surface area contributed by atoms with Crippen molar-refractivity contribution in [3.8, 4) is 5.69 Å². The number of carboxylic acids is 1. The second-order valence-corrected chi connectivity index (χ2v) is 6.82. The highest BCUT2D eigenvalue weighted by molar-refractivity contribution is 5.89. The standard InChI is InChI=1S/C14H12F3NO2.C8H7F3N/c1-8-7-10(13(19)20)9(2)18(8)12-6-4-3-5-11(12)14(15,16)17;9-8(10,11)7-3-1-2-6(4-7)5-12/h3-7H,1-2H3,(H,19,20);1-4,12H,5H2/q;-1. The molecule has 10 heteroatoms. The first-order chi connectivity index (χ1) is 14.8. The quantitative estimate of drug-likeness (QED) is 0.428. The zero-order valence-electron chi connectivity index (χ0n) is 17.0. The highest BCUT2D eigenvalue weighted by Crippen LogP contribution is 2.35. The van der Waals surface area contributed by atoms with Crippen molar-refractivity contribution in [3.05, 3.63) is 94.0 Å². The van der Waals surface area contributed by atoms with Crippen molar-refractivity contribution < 1.29 is 36.2 Å². The van der Waals surface area contributed by atoms with Crippen LogP contribution in [0.15, 0.2) is 54.6 Å². The number of aromatic nitrogens is 1. The Bertz CT molecular complexity index is 1100. The van der Waals surface area contributed by atoms with E-state index in [0.29, 0.717) is 11.3 Å². The molecule has 0 saturated carbocycles. The molecule has 1 aromatic heterocycles. The largest absolute Gasteiger partial charge is 0.674 e. The van der Waals surface area contributed by atoms with Gasteiger partial charge in [-0.25, -0.2) is 4.79 Å². The maximum Gasteiger partial charge on any atom is 0.418 e. The predicted octanol–water partition coefficient (Wildman–Crippen LogP) is 7.07. The molecule has 0 aliphatic heterocycles. The van der Waals surface area contributed by atoms with Crippen LogP contribution in [-0.4, -0.2) is 15.6 Å². The van der Waals surface area contributed by atoms with Gasteiger partial charge in [-0.05, 0) is 38.1 Å². The van der Waals surface area contributed by atoms with Crippen LogP contribution in [-0.2, 0) is 18.9 Å². The monoisotopic (exact) mass is 457 g/mol. The number of hydrogen-bond acceptors (Lipinski definition) is 1. The van der Waals surface area contributed by atoms with Gasteiger partial charge < -0.3 is 15.4 Å². The molecule has 2 N–H and O–H groups in total. The second kappa shape index (κ2) is 9.47. The van der Waals surface area contributed by atoms with E-state index < -0.39 is 29.4 Å². The lowest BCUT2D eigenvalue weighted by Gasteiger charge is -2.16. The van der Waals surface area contributed by atoms with Gasteiger partial charge in [-0.3, -0.25) is 0 Å². The van der Waals surface area contributed by atoms with Crippen LogP contribution in [0.25, 0.3) is 11.4 Å². The minimum atomic E-state index is -4.50. The topological polar surface area (TPSA) is 66.0 Å². The Hall–Kier alpha value is -3.27. The number of nitrogens with one attached hydrogen (secondary N) is 1. The number of hydrogen-bond donors (Lipinski definition) is 1. The van der Waals surface area contributed by atoms with Crippen molar-refractivity contribution in [2.75, 3.05) is 0 Å². The van der Waals surface area contributed by atoms with Crippen LogP contribution >= 0.6 is 0 Å². The third kappa shape index (κ3) is 5.70. The molecular formula is C22H19F6N2O2-. The number of aryl methyl sites for hydroxylation is 1. The molecule has 2 aromatic carbocycles. The number of aromatic carboxylic acids is 1. The molecule has 0 radical (unpaired) electrons. The Kier molecular flexibility index (Phi) is 7.40. The van der Waals surface area contributed by atoms with Gasteiger partial charge in [0.1, 0.15) is 0 Å². The first kappa shape index (κ1) is 25.0. The van der Waals surface area contributed by atoms with E-state index in [1.165, 1.54) is 47.9 Å². The van der Waals surface area contributed by atoms with Crippen LogP contribution < -0.4 is 0 Å². The molecule has 0 fully saturated rings. The summed E-state index contributed by atoms with van der Waals surface area (Å²) in [5, 5.41) is 9.04. The van der Waals surface area contributed by atoms with E-state index in [2.05, 4.69) is 0 Å². The van der Waals surface area contributed by atoms with Crippen LogP contribution in [0.4, 0.5) is 26.3 Å². The molecule has 0 aliphatic rings. The van der Waals surface area contributed by atoms with Crippen LogP contribution in [0.5, 0.6) is 0 Å². The molecule has 32 heavy (non-hydrogen) atoms. The van der Waals surface area contributed by atoms with Crippen LogP contribution in [0.3, 0.4) is 0 Å². The van der Waals surface area contributed by atoms with Crippen molar-refractivity contribution in [3.63, 3.8) is 0 Å². The van der Waals surface area contributed by atoms with Crippen LogP contribution in [0, 0.1) is 13.8 Å². The summed E-state index contributed by atoms with van der Waals surface area (Å²) < 4.78 is 76.5. The normalized spacial score (nSPS) is 11.7. The zero-order valence-corrected chi connectivity index (χ0v) is 17.0. The number of halogens is 6. The summed E-state index contributed by atoms with van der Waals surface area (Å²) in [7, 11) is 0. The smallest absolute Gasteiger partial charge is 0.418 e. The number of rotatable bonds is 3.